The maximum Gasteiger partial charge on any atom is 0.338 e. The second-order valence-corrected chi connectivity index (χ2v) is 7.32. The van der Waals surface area contributed by atoms with E-state index in [0.717, 1.165) is 45.1 Å². The zero-order chi connectivity index (χ0) is 18.3. The zero-order valence-electron chi connectivity index (χ0n) is 15.3. The normalized spacial score (nSPS) is 21.7. The van der Waals surface area contributed by atoms with Crippen molar-refractivity contribution in [3.05, 3.63) is 0 Å². The van der Waals surface area contributed by atoms with Gasteiger partial charge >= 0.3 is 5.97 Å². The molecule has 2 fully saturated rings. The molecule has 0 spiro atoms. The van der Waals surface area contributed by atoms with E-state index in [4.69, 9.17) is 14.3 Å². The molecule has 25 heavy (non-hydrogen) atoms. The highest BCUT2D eigenvalue weighted by atomic mass is 16.7. The molecule has 7 heteroatoms. The van der Waals surface area contributed by atoms with E-state index < -0.39 is 23.2 Å². The molecule has 0 aromatic rings. The van der Waals surface area contributed by atoms with Gasteiger partial charge in [0.2, 0.25) is 0 Å². The van der Waals surface area contributed by atoms with E-state index in [-0.39, 0.29) is 19.1 Å². The van der Waals surface area contributed by atoms with Crippen LogP contribution in [0.2, 0.25) is 0 Å². The molecule has 2 amide bonds. The monoisotopic (exact) mass is 355 g/mol. The summed E-state index contributed by atoms with van der Waals surface area (Å²) in [6.45, 7) is 4.98. The van der Waals surface area contributed by atoms with Gasteiger partial charge in [-0.1, -0.05) is 12.8 Å². The predicted molar refractivity (Wildman–Crippen MR) is 89.0 cm³/mol. The SMILES string of the molecule is CC(C)(CCCCCOC1CCCCO1)C(=O)ON1C(=O)CCC1=O. The summed E-state index contributed by atoms with van der Waals surface area (Å²) in [6, 6.07) is 0. The number of ether oxygens (including phenoxy) is 2. The number of imide groups is 1. The van der Waals surface area contributed by atoms with E-state index >= 15 is 0 Å². The van der Waals surface area contributed by atoms with Gasteiger partial charge in [-0.3, -0.25) is 9.59 Å². The van der Waals surface area contributed by atoms with Crippen LogP contribution in [0.4, 0.5) is 0 Å². The molecule has 0 bridgehead atoms. The lowest BCUT2D eigenvalue weighted by atomic mass is 9.87. The van der Waals surface area contributed by atoms with Crippen molar-refractivity contribution in [2.24, 2.45) is 5.41 Å². The number of hydrogen-bond acceptors (Lipinski definition) is 6. The molecule has 7 nitrogen and oxygen atoms in total. The van der Waals surface area contributed by atoms with E-state index in [1.807, 2.05) is 0 Å². The van der Waals surface area contributed by atoms with Gasteiger partial charge in [-0.2, -0.15) is 0 Å². The minimum Gasteiger partial charge on any atom is -0.353 e. The lowest BCUT2D eigenvalue weighted by Crippen LogP contribution is -2.37. The number of carbonyl (C=O) groups is 3. The molecule has 0 saturated carbocycles. The Morgan fingerprint density at radius 3 is 2.52 bits per heavy atom. The van der Waals surface area contributed by atoms with Crippen molar-refractivity contribution in [1.82, 2.24) is 5.06 Å². The van der Waals surface area contributed by atoms with Crippen LogP contribution in [0, 0.1) is 5.41 Å². The maximum atomic E-state index is 12.2. The highest BCUT2D eigenvalue weighted by Gasteiger charge is 2.37. The van der Waals surface area contributed by atoms with Gasteiger partial charge < -0.3 is 14.3 Å². The molecule has 2 aliphatic heterocycles. The van der Waals surface area contributed by atoms with Crippen LogP contribution in [0.15, 0.2) is 0 Å². The molecule has 0 aromatic heterocycles. The molecule has 1 unspecified atom stereocenters. The van der Waals surface area contributed by atoms with Crippen molar-refractivity contribution < 1.29 is 28.7 Å². The van der Waals surface area contributed by atoms with Gasteiger partial charge in [-0.25, -0.2) is 4.79 Å². The number of amides is 2. The number of hydroxylamine groups is 2. The van der Waals surface area contributed by atoms with Crippen molar-refractivity contribution in [3.63, 3.8) is 0 Å². The predicted octanol–water partition coefficient (Wildman–Crippen LogP) is 2.72. The zero-order valence-corrected chi connectivity index (χ0v) is 15.3. The Labute approximate surface area is 148 Å². The molecule has 142 valence electrons. The minimum atomic E-state index is -0.740. The quantitative estimate of drug-likeness (QED) is 0.467. The first-order valence-electron chi connectivity index (χ1n) is 9.21. The van der Waals surface area contributed by atoms with Crippen molar-refractivity contribution >= 4 is 17.8 Å². The molecule has 0 aliphatic carbocycles. The van der Waals surface area contributed by atoms with Gasteiger partial charge in [-0.15, -0.1) is 5.06 Å². The van der Waals surface area contributed by atoms with Crippen LogP contribution in [-0.4, -0.2) is 42.4 Å². The summed E-state index contributed by atoms with van der Waals surface area (Å²) in [6.07, 6.45) is 6.71. The summed E-state index contributed by atoms with van der Waals surface area (Å²) in [5.41, 5.74) is -0.740. The van der Waals surface area contributed by atoms with Gasteiger partial charge in [0.25, 0.3) is 11.8 Å². The highest BCUT2D eigenvalue weighted by molar-refractivity contribution is 6.01. The fourth-order valence-corrected chi connectivity index (χ4v) is 2.87. The minimum absolute atomic E-state index is 0.0595. The van der Waals surface area contributed by atoms with E-state index in [1.54, 1.807) is 13.8 Å². The lowest BCUT2D eigenvalue weighted by molar-refractivity contribution is -0.204. The van der Waals surface area contributed by atoms with E-state index in [9.17, 15) is 14.4 Å². The third-order valence-corrected chi connectivity index (χ3v) is 4.62. The summed E-state index contributed by atoms with van der Waals surface area (Å²) in [7, 11) is 0. The van der Waals surface area contributed by atoms with Crippen LogP contribution in [0.25, 0.3) is 0 Å². The second kappa shape index (κ2) is 9.29. The number of unbranched alkanes of at least 4 members (excludes halogenated alkanes) is 2. The largest absolute Gasteiger partial charge is 0.353 e. The standard InChI is InChI=1S/C18H29NO6/c1-18(2,17(22)25-19-14(20)9-10-15(19)21)11-5-3-6-12-23-16-8-4-7-13-24-16/h16H,3-13H2,1-2H3. The van der Waals surface area contributed by atoms with Crippen LogP contribution in [0.1, 0.15) is 71.6 Å². The fourth-order valence-electron chi connectivity index (χ4n) is 2.87. The molecule has 2 rings (SSSR count). The Morgan fingerprint density at radius 1 is 1.16 bits per heavy atom. The number of hydrogen-bond donors (Lipinski definition) is 0. The summed E-state index contributed by atoms with van der Waals surface area (Å²) < 4.78 is 11.2. The summed E-state index contributed by atoms with van der Waals surface area (Å²) in [5.74, 6) is -1.43. The molecule has 0 radical (unpaired) electrons. The number of rotatable bonds is 9. The van der Waals surface area contributed by atoms with Crippen molar-refractivity contribution in [2.75, 3.05) is 13.2 Å². The van der Waals surface area contributed by atoms with E-state index in [0.29, 0.717) is 18.1 Å². The number of carbonyl (C=O) groups excluding carboxylic acids is 3. The summed E-state index contributed by atoms with van der Waals surface area (Å²) in [4.78, 5) is 40.3. The molecule has 0 N–H and O–H groups in total. The molecular formula is C18H29NO6. The first-order chi connectivity index (χ1) is 11.9. The fraction of sp³-hybridized carbons (Fsp3) is 0.833. The third-order valence-electron chi connectivity index (χ3n) is 4.62. The molecule has 1 atom stereocenters. The molecule has 2 heterocycles. The van der Waals surface area contributed by atoms with Gasteiger partial charge in [0, 0.05) is 26.1 Å². The average molecular weight is 355 g/mol. The van der Waals surface area contributed by atoms with Crippen LogP contribution in [0.3, 0.4) is 0 Å². The Kier molecular flexibility index (Phi) is 7.38. The van der Waals surface area contributed by atoms with Crippen molar-refractivity contribution in [1.29, 1.82) is 0 Å². The highest BCUT2D eigenvalue weighted by Crippen LogP contribution is 2.27. The second-order valence-electron chi connectivity index (χ2n) is 7.32. The lowest BCUT2D eigenvalue weighted by Gasteiger charge is -2.24. The average Bonchev–Trinajstić information content (AvgIpc) is 2.90. The molecule has 2 saturated heterocycles. The van der Waals surface area contributed by atoms with Crippen LogP contribution in [0.5, 0.6) is 0 Å². The Hall–Kier alpha value is -1.47. The molecule has 2 aliphatic rings. The summed E-state index contributed by atoms with van der Waals surface area (Å²) in [5, 5.41) is 0.613. The van der Waals surface area contributed by atoms with Crippen molar-refractivity contribution in [2.45, 2.75) is 77.9 Å². The first kappa shape index (κ1) is 19.8. The maximum absolute atomic E-state index is 12.2. The third kappa shape index (κ3) is 6.08. The van der Waals surface area contributed by atoms with Crippen LogP contribution >= 0.6 is 0 Å². The van der Waals surface area contributed by atoms with Gasteiger partial charge in [0.15, 0.2) is 6.29 Å². The van der Waals surface area contributed by atoms with Gasteiger partial charge in [-0.05, 0) is 46.0 Å². The number of nitrogens with zero attached hydrogens (tertiary/aromatic N) is 1. The Bertz CT molecular complexity index is 468. The van der Waals surface area contributed by atoms with E-state index in [1.165, 1.54) is 0 Å². The molecule has 0 aromatic carbocycles. The van der Waals surface area contributed by atoms with Gasteiger partial charge in [0.1, 0.15) is 0 Å². The first-order valence-corrected chi connectivity index (χ1v) is 9.21. The smallest absolute Gasteiger partial charge is 0.338 e. The Balaban J connectivity index is 1.60. The molecular weight excluding hydrogens is 326 g/mol. The van der Waals surface area contributed by atoms with E-state index in [2.05, 4.69) is 0 Å². The van der Waals surface area contributed by atoms with Gasteiger partial charge in [0.05, 0.1) is 5.41 Å². The van der Waals surface area contributed by atoms with Crippen molar-refractivity contribution in [3.8, 4) is 0 Å². The Morgan fingerprint density at radius 2 is 1.88 bits per heavy atom. The van der Waals surface area contributed by atoms with Crippen LogP contribution in [-0.2, 0) is 28.7 Å². The summed E-state index contributed by atoms with van der Waals surface area (Å²) >= 11 is 0. The topological polar surface area (TPSA) is 82.1 Å². The van der Waals surface area contributed by atoms with Crippen LogP contribution < -0.4 is 0 Å².